The molecule has 2 heterocycles. The van der Waals surface area contributed by atoms with Gasteiger partial charge in [0.05, 0.1) is 12.2 Å². The van der Waals surface area contributed by atoms with Crippen LogP contribution in [0.1, 0.15) is 39.0 Å². The maximum atomic E-state index is 6.32. The largest absolute Gasteiger partial charge is 0.381 e. The zero-order valence-corrected chi connectivity index (χ0v) is 9.00. The Hall–Kier alpha value is -0.120. The van der Waals surface area contributed by atoms with Gasteiger partial charge < -0.3 is 15.2 Å². The molecule has 2 rings (SSSR count). The minimum Gasteiger partial charge on any atom is -0.381 e. The highest BCUT2D eigenvalue weighted by molar-refractivity contribution is 4.90. The first kappa shape index (κ1) is 10.4. The van der Waals surface area contributed by atoms with Crippen molar-refractivity contribution >= 4 is 0 Å². The summed E-state index contributed by atoms with van der Waals surface area (Å²) in [5.74, 6) is 0. The van der Waals surface area contributed by atoms with E-state index in [2.05, 4.69) is 6.92 Å². The van der Waals surface area contributed by atoms with E-state index in [1.165, 1.54) is 12.8 Å². The highest BCUT2D eigenvalue weighted by Gasteiger charge is 2.34. The molecule has 14 heavy (non-hydrogen) atoms. The molecule has 3 heteroatoms. The summed E-state index contributed by atoms with van der Waals surface area (Å²) in [5.41, 5.74) is 6.30. The van der Waals surface area contributed by atoms with Gasteiger partial charge in [-0.05, 0) is 39.0 Å². The molecule has 3 nitrogen and oxygen atoms in total. The Labute approximate surface area is 85.9 Å². The summed E-state index contributed by atoms with van der Waals surface area (Å²) < 4.78 is 11.1. The summed E-state index contributed by atoms with van der Waals surface area (Å²) in [6.45, 7) is 3.78. The second-order valence-corrected chi connectivity index (χ2v) is 4.82. The predicted molar refractivity (Wildman–Crippen MR) is 55.2 cm³/mol. The standard InChI is InChI=1S/C11H21NO2/c1-9-2-3-10(14-9)8-11(12)4-6-13-7-5-11/h9-10H,2-8,12H2,1H3. The van der Waals surface area contributed by atoms with Gasteiger partial charge in [-0.15, -0.1) is 0 Å². The SMILES string of the molecule is CC1CCC(CC2(N)CCOCC2)O1. The van der Waals surface area contributed by atoms with Crippen LogP contribution in [0.5, 0.6) is 0 Å². The smallest absolute Gasteiger partial charge is 0.0597 e. The number of hydrogen-bond acceptors (Lipinski definition) is 3. The fraction of sp³-hybridized carbons (Fsp3) is 1.00. The monoisotopic (exact) mass is 199 g/mol. The predicted octanol–water partition coefficient (Wildman–Crippen LogP) is 1.45. The van der Waals surface area contributed by atoms with Crippen LogP contribution in [0.3, 0.4) is 0 Å². The number of nitrogens with two attached hydrogens (primary N) is 1. The van der Waals surface area contributed by atoms with Crippen molar-refractivity contribution in [2.75, 3.05) is 13.2 Å². The van der Waals surface area contributed by atoms with Crippen molar-refractivity contribution in [3.63, 3.8) is 0 Å². The molecule has 82 valence electrons. The zero-order valence-electron chi connectivity index (χ0n) is 9.00. The van der Waals surface area contributed by atoms with Crippen LogP contribution in [0, 0.1) is 0 Å². The number of ether oxygens (including phenoxy) is 2. The Kier molecular flexibility index (Phi) is 3.10. The zero-order chi connectivity index (χ0) is 10.0. The van der Waals surface area contributed by atoms with Crippen molar-refractivity contribution in [1.82, 2.24) is 0 Å². The quantitative estimate of drug-likeness (QED) is 0.732. The Balaban J connectivity index is 1.83. The van der Waals surface area contributed by atoms with Crippen molar-refractivity contribution in [2.24, 2.45) is 5.73 Å². The maximum Gasteiger partial charge on any atom is 0.0597 e. The molecule has 0 aromatic carbocycles. The molecular weight excluding hydrogens is 178 g/mol. The van der Waals surface area contributed by atoms with Gasteiger partial charge in [0.2, 0.25) is 0 Å². The summed E-state index contributed by atoms with van der Waals surface area (Å²) in [7, 11) is 0. The molecular formula is C11H21NO2. The molecule has 2 aliphatic heterocycles. The second kappa shape index (κ2) is 4.17. The van der Waals surface area contributed by atoms with Gasteiger partial charge in [-0.3, -0.25) is 0 Å². The van der Waals surface area contributed by atoms with Gasteiger partial charge >= 0.3 is 0 Å². The minimum atomic E-state index is -0.0209. The molecule has 0 spiro atoms. The minimum absolute atomic E-state index is 0.0209. The molecule has 0 bridgehead atoms. The lowest BCUT2D eigenvalue weighted by Gasteiger charge is -2.35. The molecule has 0 aliphatic carbocycles. The van der Waals surface area contributed by atoms with Crippen LogP contribution in [0.15, 0.2) is 0 Å². The van der Waals surface area contributed by atoms with E-state index in [0.717, 1.165) is 32.5 Å². The van der Waals surface area contributed by atoms with Crippen LogP contribution in [0.4, 0.5) is 0 Å². The fourth-order valence-electron chi connectivity index (χ4n) is 2.47. The molecule has 2 N–H and O–H groups in total. The number of hydrogen-bond donors (Lipinski definition) is 1. The Morgan fingerprint density at radius 3 is 2.57 bits per heavy atom. The van der Waals surface area contributed by atoms with Gasteiger partial charge in [0.1, 0.15) is 0 Å². The van der Waals surface area contributed by atoms with E-state index in [1.807, 2.05) is 0 Å². The molecule has 2 atom stereocenters. The highest BCUT2D eigenvalue weighted by Crippen LogP contribution is 2.30. The average Bonchev–Trinajstić information content (AvgIpc) is 2.51. The van der Waals surface area contributed by atoms with E-state index >= 15 is 0 Å². The summed E-state index contributed by atoms with van der Waals surface area (Å²) in [5, 5.41) is 0. The molecule has 2 unspecified atom stereocenters. The Morgan fingerprint density at radius 1 is 1.29 bits per heavy atom. The summed E-state index contributed by atoms with van der Waals surface area (Å²) in [6, 6.07) is 0. The number of rotatable bonds is 2. The molecule has 0 aromatic rings. The molecule has 0 aromatic heterocycles. The Morgan fingerprint density at radius 2 is 2.00 bits per heavy atom. The van der Waals surface area contributed by atoms with E-state index in [1.54, 1.807) is 0 Å². The molecule has 0 amide bonds. The second-order valence-electron chi connectivity index (χ2n) is 4.82. The first-order chi connectivity index (χ1) is 6.68. The van der Waals surface area contributed by atoms with E-state index in [0.29, 0.717) is 12.2 Å². The van der Waals surface area contributed by atoms with Crippen LogP contribution in [0.25, 0.3) is 0 Å². The first-order valence-electron chi connectivity index (χ1n) is 5.70. The van der Waals surface area contributed by atoms with Gasteiger partial charge in [0, 0.05) is 18.8 Å². The van der Waals surface area contributed by atoms with Gasteiger partial charge in [-0.2, -0.15) is 0 Å². The summed E-state index contributed by atoms with van der Waals surface area (Å²) >= 11 is 0. The van der Waals surface area contributed by atoms with E-state index in [9.17, 15) is 0 Å². The van der Waals surface area contributed by atoms with Crippen LogP contribution >= 0.6 is 0 Å². The first-order valence-corrected chi connectivity index (χ1v) is 5.70. The normalized spacial score (nSPS) is 37.3. The highest BCUT2D eigenvalue weighted by atomic mass is 16.5. The molecule has 2 saturated heterocycles. The lowest BCUT2D eigenvalue weighted by Crippen LogP contribution is -2.47. The van der Waals surface area contributed by atoms with E-state index < -0.39 is 0 Å². The lowest BCUT2D eigenvalue weighted by atomic mass is 9.85. The average molecular weight is 199 g/mol. The molecule has 2 fully saturated rings. The topological polar surface area (TPSA) is 44.5 Å². The third-order valence-corrected chi connectivity index (χ3v) is 3.44. The maximum absolute atomic E-state index is 6.32. The lowest BCUT2D eigenvalue weighted by molar-refractivity contribution is 0.00330. The molecule has 2 aliphatic rings. The van der Waals surface area contributed by atoms with Crippen LogP contribution < -0.4 is 5.73 Å². The van der Waals surface area contributed by atoms with Crippen molar-refractivity contribution in [2.45, 2.75) is 56.8 Å². The van der Waals surface area contributed by atoms with Crippen LogP contribution in [0.2, 0.25) is 0 Å². The van der Waals surface area contributed by atoms with Gasteiger partial charge in [0.25, 0.3) is 0 Å². The third-order valence-electron chi connectivity index (χ3n) is 3.44. The Bertz CT molecular complexity index is 190. The molecule has 0 radical (unpaired) electrons. The van der Waals surface area contributed by atoms with Crippen molar-refractivity contribution in [3.05, 3.63) is 0 Å². The molecule has 0 saturated carbocycles. The van der Waals surface area contributed by atoms with Gasteiger partial charge in [-0.25, -0.2) is 0 Å². The van der Waals surface area contributed by atoms with Crippen molar-refractivity contribution in [3.8, 4) is 0 Å². The fourth-order valence-corrected chi connectivity index (χ4v) is 2.47. The van der Waals surface area contributed by atoms with Gasteiger partial charge in [0.15, 0.2) is 0 Å². The van der Waals surface area contributed by atoms with Crippen molar-refractivity contribution < 1.29 is 9.47 Å². The van der Waals surface area contributed by atoms with Crippen molar-refractivity contribution in [1.29, 1.82) is 0 Å². The van der Waals surface area contributed by atoms with Crippen LogP contribution in [-0.4, -0.2) is 31.0 Å². The van der Waals surface area contributed by atoms with E-state index in [4.69, 9.17) is 15.2 Å². The third kappa shape index (κ3) is 2.47. The summed E-state index contributed by atoms with van der Waals surface area (Å²) in [6.07, 6.45) is 6.19. The van der Waals surface area contributed by atoms with E-state index in [-0.39, 0.29) is 5.54 Å². The van der Waals surface area contributed by atoms with Gasteiger partial charge in [-0.1, -0.05) is 0 Å². The summed E-state index contributed by atoms with van der Waals surface area (Å²) in [4.78, 5) is 0. The van der Waals surface area contributed by atoms with Crippen LogP contribution in [-0.2, 0) is 9.47 Å².